The number of ether oxygens (including phenoxy) is 1. The molecule has 0 aliphatic rings. The molecule has 0 spiro atoms. The molecule has 0 aliphatic heterocycles. The number of carbonyl (C=O) groups is 2. The molecule has 2 aromatic carbocycles. The number of hydrogen-bond donors (Lipinski definition) is 1. The standard InChI is InChI=1S/C22H22N2O3S/c1-14(2)20-12-18(17-6-4-5-7-19(17)24-20)22(26)27-13-21(25)23-15-8-10-16(28-3)11-9-15/h4-12,14H,13H2,1-3H3,(H,23,25). The molecule has 0 fully saturated rings. The summed E-state index contributed by atoms with van der Waals surface area (Å²) < 4.78 is 5.27. The van der Waals surface area contributed by atoms with Gasteiger partial charge in [0.1, 0.15) is 0 Å². The van der Waals surface area contributed by atoms with Crippen LogP contribution >= 0.6 is 11.8 Å². The predicted octanol–water partition coefficient (Wildman–Crippen LogP) is 4.88. The van der Waals surface area contributed by atoms with E-state index in [1.54, 1.807) is 17.8 Å². The maximum absolute atomic E-state index is 12.6. The number of thioether (sulfide) groups is 1. The average Bonchev–Trinajstić information content (AvgIpc) is 2.71. The second-order valence-electron chi connectivity index (χ2n) is 6.62. The van der Waals surface area contributed by atoms with Gasteiger partial charge in [0.15, 0.2) is 6.61 Å². The number of nitrogens with zero attached hydrogens (tertiary/aromatic N) is 1. The zero-order chi connectivity index (χ0) is 20.1. The van der Waals surface area contributed by atoms with E-state index in [0.29, 0.717) is 16.6 Å². The molecule has 5 nitrogen and oxygen atoms in total. The molecule has 0 bridgehead atoms. The molecule has 1 heterocycles. The molecule has 0 atom stereocenters. The zero-order valence-corrected chi connectivity index (χ0v) is 16.9. The number of hydrogen-bond acceptors (Lipinski definition) is 5. The monoisotopic (exact) mass is 394 g/mol. The molecule has 0 unspecified atom stereocenters. The minimum absolute atomic E-state index is 0.170. The van der Waals surface area contributed by atoms with Gasteiger partial charge >= 0.3 is 5.97 Å². The Morgan fingerprint density at radius 2 is 1.82 bits per heavy atom. The molecule has 3 aromatic rings. The van der Waals surface area contributed by atoms with Crippen molar-refractivity contribution in [3.63, 3.8) is 0 Å². The fourth-order valence-electron chi connectivity index (χ4n) is 2.74. The number of esters is 1. The number of fused-ring (bicyclic) bond motifs is 1. The van der Waals surface area contributed by atoms with Gasteiger partial charge in [0.05, 0.1) is 11.1 Å². The lowest BCUT2D eigenvalue weighted by Gasteiger charge is -2.12. The Kier molecular flexibility index (Phi) is 6.31. The summed E-state index contributed by atoms with van der Waals surface area (Å²) in [4.78, 5) is 30.5. The first-order valence-electron chi connectivity index (χ1n) is 8.98. The van der Waals surface area contributed by atoms with Crippen molar-refractivity contribution in [1.82, 2.24) is 4.98 Å². The number of anilines is 1. The number of rotatable bonds is 6. The largest absolute Gasteiger partial charge is 0.452 e. The van der Waals surface area contributed by atoms with E-state index in [0.717, 1.165) is 16.1 Å². The Labute approximate surface area is 168 Å². The van der Waals surface area contributed by atoms with Crippen molar-refractivity contribution >= 4 is 40.2 Å². The fraction of sp³-hybridized carbons (Fsp3) is 0.227. The van der Waals surface area contributed by atoms with Crippen molar-refractivity contribution in [1.29, 1.82) is 0 Å². The highest BCUT2D eigenvalue weighted by atomic mass is 32.2. The van der Waals surface area contributed by atoms with Crippen LogP contribution in [0, 0.1) is 0 Å². The lowest BCUT2D eigenvalue weighted by molar-refractivity contribution is -0.119. The molecule has 0 aliphatic carbocycles. The summed E-state index contributed by atoms with van der Waals surface area (Å²) in [5.74, 6) is -0.746. The van der Waals surface area contributed by atoms with Crippen LogP contribution in [0.2, 0.25) is 0 Å². The van der Waals surface area contributed by atoms with E-state index in [1.807, 2.05) is 68.6 Å². The fourth-order valence-corrected chi connectivity index (χ4v) is 3.15. The SMILES string of the molecule is CSc1ccc(NC(=O)COC(=O)c2cc(C(C)C)nc3ccccc23)cc1. The summed E-state index contributed by atoms with van der Waals surface area (Å²) in [5.41, 5.74) is 2.63. The van der Waals surface area contributed by atoms with Gasteiger partial charge in [-0.1, -0.05) is 32.0 Å². The van der Waals surface area contributed by atoms with Crippen LogP contribution in [0.3, 0.4) is 0 Å². The number of amides is 1. The average molecular weight is 394 g/mol. The van der Waals surface area contributed by atoms with Crippen molar-refractivity contribution in [2.24, 2.45) is 0 Å². The second-order valence-corrected chi connectivity index (χ2v) is 7.50. The quantitative estimate of drug-likeness (QED) is 0.477. The van der Waals surface area contributed by atoms with Gasteiger partial charge in [-0.3, -0.25) is 9.78 Å². The molecular formula is C22H22N2O3S. The molecule has 144 valence electrons. The third kappa shape index (κ3) is 4.70. The van der Waals surface area contributed by atoms with Crippen LogP contribution in [0.1, 0.15) is 35.8 Å². The maximum Gasteiger partial charge on any atom is 0.339 e. The van der Waals surface area contributed by atoms with Gasteiger partial charge in [-0.25, -0.2) is 4.79 Å². The second kappa shape index (κ2) is 8.89. The Morgan fingerprint density at radius 1 is 1.11 bits per heavy atom. The number of aromatic nitrogens is 1. The lowest BCUT2D eigenvalue weighted by atomic mass is 10.0. The topological polar surface area (TPSA) is 68.3 Å². The van der Waals surface area contributed by atoms with Crippen LogP contribution in [-0.4, -0.2) is 29.7 Å². The van der Waals surface area contributed by atoms with Gasteiger partial charge in [-0.2, -0.15) is 0 Å². The van der Waals surface area contributed by atoms with E-state index < -0.39 is 5.97 Å². The molecule has 0 saturated carbocycles. The van der Waals surface area contributed by atoms with Gasteiger partial charge in [0.2, 0.25) is 0 Å². The third-order valence-corrected chi connectivity index (χ3v) is 5.00. The number of pyridine rings is 1. The number of para-hydroxylation sites is 1. The van der Waals surface area contributed by atoms with Crippen molar-refractivity contribution in [3.8, 4) is 0 Å². The van der Waals surface area contributed by atoms with Gasteiger partial charge in [0, 0.05) is 21.7 Å². The lowest BCUT2D eigenvalue weighted by Crippen LogP contribution is -2.21. The summed E-state index contributed by atoms with van der Waals surface area (Å²) in [6, 6.07) is 16.6. The summed E-state index contributed by atoms with van der Waals surface area (Å²) in [5, 5.41) is 3.44. The third-order valence-electron chi connectivity index (χ3n) is 4.26. The van der Waals surface area contributed by atoms with Crippen LogP contribution in [0.25, 0.3) is 10.9 Å². The first-order valence-corrected chi connectivity index (χ1v) is 10.2. The highest BCUT2D eigenvalue weighted by Crippen LogP contribution is 2.23. The Hall–Kier alpha value is -2.86. The van der Waals surface area contributed by atoms with Crippen molar-refractivity contribution in [3.05, 3.63) is 65.9 Å². The molecule has 0 radical (unpaired) electrons. The smallest absolute Gasteiger partial charge is 0.339 e. The summed E-state index contributed by atoms with van der Waals surface area (Å²) in [6.45, 7) is 3.68. The number of nitrogens with one attached hydrogen (secondary N) is 1. The van der Waals surface area contributed by atoms with Crippen LogP contribution < -0.4 is 5.32 Å². The molecular weight excluding hydrogens is 372 g/mol. The minimum atomic E-state index is -0.534. The molecule has 1 N–H and O–H groups in total. The normalized spacial score (nSPS) is 10.9. The molecule has 1 aromatic heterocycles. The Morgan fingerprint density at radius 3 is 2.50 bits per heavy atom. The zero-order valence-electron chi connectivity index (χ0n) is 16.1. The Bertz CT molecular complexity index is 1000. The van der Waals surface area contributed by atoms with Crippen molar-refractivity contribution in [2.75, 3.05) is 18.2 Å². The molecule has 0 saturated heterocycles. The van der Waals surface area contributed by atoms with Crippen molar-refractivity contribution in [2.45, 2.75) is 24.7 Å². The highest BCUT2D eigenvalue weighted by molar-refractivity contribution is 7.98. The maximum atomic E-state index is 12.6. The summed E-state index contributed by atoms with van der Waals surface area (Å²) in [7, 11) is 0. The summed E-state index contributed by atoms with van der Waals surface area (Å²) in [6.07, 6.45) is 1.99. The summed E-state index contributed by atoms with van der Waals surface area (Å²) >= 11 is 1.62. The van der Waals surface area contributed by atoms with Crippen LogP contribution in [-0.2, 0) is 9.53 Å². The van der Waals surface area contributed by atoms with E-state index in [4.69, 9.17) is 4.74 Å². The van der Waals surface area contributed by atoms with Crippen molar-refractivity contribution < 1.29 is 14.3 Å². The number of benzene rings is 2. The predicted molar refractivity (Wildman–Crippen MR) is 113 cm³/mol. The molecule has 1 amide bonds. The molecule has 28 heavy (non-hydrogen) atoms. The van der Waals surface area contributed by atoms with E-state index in [9.17, 15) is 9.59 Å². The first kappa shape index (κ1) is 19.9. The molecule has 3 rings (SSSR count). The molecule has 6 heteroatoms. The van der Waals surface area contributed by atoms with Gasteiger partial charge < -0.3 is 10.1 Å². The van der Waals surface area contributed by atoms with Gasteiger partial charge in [-0.05, 0) is 48.6 Å². The first-order chi connectivity index (χ1) is 13.5. The van der Waals surface area contributed by atoms with Gasteiger partial charge in [0.25, 0.3) is 5.91 Å². The van der Waals surface area contributed by atoms with E-state index in [-0.39, 0.29) is 18.4 Å². The van der Waals surface area contributed by atoms with Crippen LogP contribution in [0.4, 0.5) is 5.69 Å². The van der Waals surface area contributed by atoms with E-state index in [2.05, 4.69) is 10.3 Å². The van der Waals surface area contributed by atoms with E-state index in [1.165, 1.54) is 0 Å². The highest BCUT2D eigenvalue weighted by Gasteiger charge is 2.17. The van der Waals surface area contributed by atoms with Gasteiger partial charge in [-0.15, -0.1) is 11.8 Å². The number of carbonyl (C=O) groups excluding carboxylic acids is 2. The van der Waals surface area contributed by atoms with E-state index >= 15 is 0 Å². The minimum Gasteiger partial charge on any atom is -0.452 e. The van der Waals surface area contributed by atoms with Crippen LogP contribution in [0.5, 0.6) is 0 Å². The Balaban J connectivity index is 1.71. The van der Waals surface area contributed by atoms with Crippen LogP contribution in [0.15, 0.2) is 59.5 Å².